The summed E-state index contributed by atoms with van der Waals surface area (Å²) in [7, 11) is 1.70. The van der Waals surface area contributed by atoms with Crippen molar-refractivity contribution in [2.24, 2.45) is 0 Å². The van der Waals surface area contributed by atoms with Gasteiger partial charge >= 0.3 is 5.97 Å². The van der Waals surface area contributed by atoms with Crippen molar-refractivity contribution in [2.45, 2.75) is 31.6 Å². The molecule has 0 unspecified atom stereocenters. The van der Waals surface area contributed by atoms with Crippen LogP contribution >= 0.6 is 22.9 Å². The molecule has 8 heteroatoms. The van der Waals surface area contributed by atoms with Crippen molar-refractivity contribution >= 4 is 52.1 Å². The Morgan fingerprint density at radius 2 is 1.88 bits per heavy atom. The normalized spacial score (nSPS) is 19.1. The molecule has 1 atom stereocenters. The van der Waals surface area contributed by atoms with Crippen LogP contribution in [0, 0.1) is 0 Å². The minimum atomic E-state index is -1.26. The number of nitrogens with zero attached hydrogens (tertiary/aromatic N) is 1. The van der Waals surface area contributed by atoms with Crippen LogP contribution in [0.15, 0.2) is 42.5 Å². The highest BCUT2D eigenvalue weighted by molar-refractivity contribution is 7.15. The summed E-state index contributed by atoms with van der Waals surface area (Å²) in [5.74, 6) is -1.43. The first-order valence-corrected chi connectivity index (χ1v) is 11.7. The molecule has 2 aliphatic rings. The molecule has 2 aromatic carbocycles. The van der Waals surface area contributed by atoms with Crippen molar-refractivity contribution in [1.29, 1.82) is 0 Å². The van der Waals surface area contributed by atoms with Crippen LogP contribution in [0.3, 0.4) is 0 Å². The van der Waals surface area contributed by atoms with Gasteiger partial charge in [0.05, 0.1) is 17.0 Å². The minimum Gasteiger partial charge on any atom is -0.477 e. The number of rotatable bonds is 3. The van der Waals surface area contributed by atoms with E-state index in [1.54, 1.807) is 36.2 Å². The van der Waals surface area contributed by atoms with E-state index >= 15 is 0 Å². The highest BCUT2D eigenvalue weighted by atomic mass is 35.5. The Kier molecular flexibility index (Phi) is 4.88. The first kappa shape index (κ1) is 21.7. The average molecular weight is 481 g/mol. The van der Waals surface area contributed by atoms with Gasteiger partial charge in [-0.15, -0.1) is 11.3 Å². The molecule has 0 saturated heterocycles. The Morgan fingerprint density at radius 3 is 2.52 bits per heavy atom. The van der Waals surface area contributed by atoms with E-state index in [4.69, 9.17) is 11.6 Å². The lowest BCUT2D eigenvalue weighted by Gasteiger charge is -2.32. The lowest BCUT2D eigenvalue weighted by Crippen LogP contribution is -2.45. The Morgan fingerprint density at radius 1 is 1.18 bits per heavy atom. The fraction of sp³-hybridized carbons (Fsp3) is 0.240. The second kappa shape index (κ2) is 7.43. The van der Waals surface area contributed by atoms with E-state index < -0.39 is 11.4 Å². The van der Waals surface area contributed by atoms with E-state index in [0.717, 1.165) is 28.2 Å². The number of nitrogens with one attached hydrogen (secondary N) is 1. The molecule has 0 fully saturated rings. The van der Waals surface area contributed by atoms with Crippen molar-refractivity contribution in [3.05, 3.63) is 68.4 Å². The molecule has 6 nitrogen and oxygen atoms in total. The molecule has 0 aliphatic carbocycles. The molecule has 0 radical (unpaired) electrons. The maximum atomic E-state index is 13.8. The molecule has 1 spiro atoms. The van der Waals surface area contributed by atoms with E-state index in [-0.39, 0.29) is 29.0 Å². The van der Waals surface area contributed by atoms with Crippen molar-refractivity contribution in [3.8, 4) is 11.1 Å². The van der Waals surface area contributed by atoms with Crippen LogP contribution in [0.25, 0.3) is 11.1 Å². The highest BCUT2D eigenvalue weighted by Crippen LogP contribution is 2.57. The number of hydrogen-bond acceptors (Lipinski definition) is 4. The average Bonchev–Trinajstić information content (AvgIpc) is 3.25. The van der Waals surface area contributed by atoms with Crippen molar-refractivity contribution in [2.75, 3.05) is 17.3 Å². The standard InChI is InChI=1S/C25H21ClN2O4S/c1-12(2)14-6-9-17-16(10-14)25(24(32)28(17)3)11-18(29)27-20-19(13-4-7-15(26)8-5-13)21(23(30)31)33-22(20)25/h4-10,12H,11H2,1-3H3,(H,27,29)(H,30,31)/t25-/m0/s1. The van der Waals surface area contributed by atoms with Crippen LogP contribution in [-0.4, -0.2) is 29.9 Å². The van der Waals surface area contributed by atoms with E-state index in [1.807, 2.05) is 18.2 Å². The third-order valence-corrected chi connectivity index (χ3v) is 8.08. The van der Waals surface area contributed by atoms with E-state index in [9.17, 15) is 19.5 Å². The smallest absolute Gasteiger partial charge is 0.346 e. The monoisotopic (exact) mass is 480 g/mol. The Labute approximate surface area is 199 Å². The summed E-state index contributed by atoms with van der Waals surface area (Å²) in [6.45, 7) is 4.14. The number of halogens is 1. The number of likely N-dealkylation sites (N-methyl/N-ethyl adjacent to an activating group) is 1. The number of anilines is 2. The lowest BCUT2D eigenvalue weighted by atomic mass is 9.73. The van der Waals surface area contributed by atoms with Crippen LogP contribution in [-0.2, 0) is 15.0 Å². The van der Waals surface area contributed by atoms with Gasteiger partial charge in [0.15, 0.2) is 0 Å². The zero-order valence-electron chi connectivity index (χ0n) is 18.2. The maximum absolute atomic E-state index is 13.8. The van der Waals surface area contributed by atoms with Crippen molar-refractivity contribution < 1.29 is 19.5 Å². The topological polar surface area (TPSA) is 86.7 Å². The van der Waals surface area contributed by atoms with Crippen LogP contribution in [0.5, 0.6) is 0 Å². The predicted octanol–water partition coefficient (Wildman–Crippen LogP) is 5.49. The second-order valence-electron chi connectivity index (χ2n) is 8.75. The largest absolute Gasteiger partial charge is 0.477 e. The minimum absolute atomic E-state index is 0.0721. The van der Waals surface area contributed by atoms with Gasteiger partial charge in [-0.3, -0.25) is 9.59 Å². The van der Waals surface area contributed by atoms with Crippen molar-refractivity contribution in [3.63, 3.8) is 0 Å². The number of fused-ring (bicyclic) bond motifs is 4. The third-order valence-electron chi connectivity index (χ3n) is 6.49. The van der Waals surface area contributed by atoms with Gasteiger partial charge in [0.1, 0.15) is 10.3 Å². The summed E-state index contributed by atoms with van der Waals surface area (Å²) in [6, 6.07) is 12.7. The van der Waals surface area contributed by atoms with Crippen LogP contribution < -0.4 is 10.2 Å². The number of carbonyl (C=O) groups excluding carboxylic acids is 2. The Hall–Kier alpha value is -3.16. The number of aromatic carboxylic acids is 1. The number of benzene rings is 2. The van der Waals surface area contributed by atoms with Gasteiger partial charge in [-0.25, -0.2) is 4.79 Å². The third kappa shape index (κ3) is 3.03. The van der Waals surface area contributed by atoms with Gasteiger partial charge in [0.25, 0.3) is 0 Å². The molecule has 0 bridgehead atoms. The maximum Gasteiger partial charge on any atom is 0.346 e. The van der Waals surface area contributed by atoms with Crippen LogP contribution in [0.2, 0.25) is 5.02 Å². The van der Waals surface area contributed by atoms with Gasteiger partial charge in [-0.1, -0.05) is 49.7 Å². The zero-order valence-corrected chi connectivity index (χ0v) is 19.8. The lowest BCUT2D eigenvalue weighted by molar-refractivity contribution is -0.126. The predicted molar refractivity (Wildman–Crippen MR) is 130 cm³/mol. The molecule has 1 aromatic heterocycles. The number of carboxylic acids is 1. The van der Waals surface area contributed by atoms with E-state index in [2.05, 4.69) is 19.2 Å². The van der Waals surface area contributed by atoms with Gasteiger partial charge < -0.3 is 15.3 Å². The fourth-order valence-electron chi connectivity index (χ4n) is 4.85. The summed E-state index contributed by atoms with van der Waals surface area (Å²) in [4.78, 5) is 41.3. The number of hydrogen-bond donors (Lipinski definition) is 2. The highest BCUT2D eigenvalue weighted by Gasteiger charge is 2.57. The number of carbonyl (C=O) groups is 3. The quantitative estimate of drug-likeness (QED) is 0.518. The molecular weight excluding hydrogens is 460 g/mol. The molecule has 3 heterocycles. The zero-order chi connectivity index (χ0) is 23.7. The van der Waals surface area contributed by atoms with Crippen LogP contribution in [0.4, 0.5) is 11.4 Å². The molecular formula is C25H21ClN2O4S. The summed E-state index contributed by atoms with van der Waals surface area (Å²) < 4.78 is 0. The summed E-state index contributed by atoms with van der Waals surface area (Å²) in [5, 5.41) is 13.4. The van der Waals surface area contributed by atoms with E-state index in [0.29, 0.717) is 26.7 Å². The molecule has 3 aromatic rings. The first-order chi connectivity index (χ1) is 15.6. The molecule has 168 valence electrons. The Balaban J connectivity index is 1.85. The van der Waals surface area contributed by atoms with Crippen LogP contribution in [0.1, 0.15) is 51.9 Å². The number of carboxylic acid groups (broad SMARTS) is 1. The molecule has 5 rings (SSSR count). The van der Waals surface area contributed by atoms with Gasteiger partial charge in [-0.2, -0.15) is 0 Å². The van der Waals surface area contributed by atoms with Gasteiger partial charge in [-0.05, 0) is 40.8 Å². The van der Waals surface area contributed by atoms with Gasteiger partial charge in [0.2, 0.25) is 11.8 Å². The summed E-state index contributed by atoms with van der Waals surface area (Å²) in [5.41, 5.74) is 2.68. The molecule has 2 N–H and O–H groups in total. The molecule has 2 aliphatic heterocycles. The molecule has 0 saturated carbocycles. The second-order valence-corrected chi connectivity index (χ2v) is 10.2. The van der Waals surface area contributed by atoms with Gasteiger partial charge in [0, 0.05) is 23.3 Å². The number of amides is 2. The molecule has 33 heavy (non-hydrogen) atoms. The number of thiophene rings is 1. The van der Waals surface area contributed by atoms with Crippen molar-refractivity contribution in [1.82, 2.24) is 0 Å². The molecule has 2 amide bonds. The summed E-state index contributed by atoms with van der Waals surface area (Å²) in [6.07, 6.45) is -0.0721. The van der Waals surface area contributed by atoms with E-state index in [1.165, 1.54) is 0 Å². The Bertz CT molecular complexity index is 1350. The first-order valence-electron chi connectivity index (χ1n) is 10.5. The summed E-state index contributed by atoms with van der Waals surface area (Å²) >= 11 is 7.09. The SMILES string of the molecule is CC(C)c1ccc2c(c1)[C@]1(CC(=O)Nc3c1sc(C(=O)O)c3-c1ccc(Cl)cc1)C(=O)N2C. The fourth-order valence-corrected chi connectivity index (χ4v) is 6.28.